The van der Waals surface area contributed by atoms with Gasteiger partial charge in [-0.15, -0.1) is 0 Å². The van der Waals surface area contributed by atoms with Gasteiger partial charge in [-0.3, -0.25) is 4.79 Å². The summed E-state index contributed by atoms with van der Waals surface area (Å²) in [6.07, 6.45) is 0.261. The monoisotopic (exact) mass is 293 g/mol. The Balaban J connectivity index is 1.80. The molecule has 3 rings (SSSR count). The number of nitrogens with one attached hydrogen (secondary N) is 1. The normalized spacial score (nSPS) is 10.6. The summed E-state index contributed by atoms with van der Waals surface area (Å²) in [7, 11) is 0. The molecule has 0 heterocycles. The van der Waals surface area contributed by atoms with Crippen molar-refractivity contribution in [1.29, 1.82) is 0 Å². The quantitative estimate of drug-likeness (QED) is 0.758. The van der Waals surface area contributed by atoms with Gasteiger partial charge in [-0.2, -0.15) is 0 Å². The van der Waals surface area contributed by atoms with Crippen LogP contribution in [0, 0.1) is 12.7 Å². The van der Waals surface area contributed by atoms with Crippen LogP contribution in [0.15, 0.2) is 60.7 Å². The Bertz CT molecular complexity index is 836. The van der Waals surface area contributed by atoms with Crippen molar-refractivity contribution in [2.24, 2.45) is 0 Å². The number of hydrogen-bond acceptors (Lipinski definition) is 1. The Morgan fingerprint density at radius 1 is 1.05 bits per heavy atom. The van der Waals surface area contributed by atoms with Crippen LogP contribution in [-0.4, -0.2) is 5.91 Å². The van der Waals surface area contributed by atoms with Gasteiger partial charge in [0.05, 0.1) is 6.42 Å². The van der Waals surface area contributed by atoms with Gasteiger partial charge in [0, 0.05) is 5.69 Å². The zero-order valence-electron chi connectivity index (χ0n) is 12.3. The SMILES string of the molecule is Cc1ccc(NC(=O)Cc2cccc3ccccc23)cc1F. The summed E-state index contributed by atoms with van der Waals surface area (Å²) < 4.78 is 13.5. The van der Waals surface area contributed by atoms with Crippen LogP contribution in [0.2, 0.25) is 0 Å². The Kier molecular flexibility index (Phi) is 3.88. The van der Waals surface area contributed by atoms with E-state index in [1.807, 2.05) is 42.5 Å². The molecule has 22 heavy (non-hydrogen) atoms. The fourth-order valence-corrected chi connectivity index (χ4v) is 2.50. The molecule has 0 saturated heterocycles. The summed E-state index contributed by atoms with van der Waals surface area (Å²) in [5, 5.41) is 4.91. The van der Waals surface area contributed by atoms with E-state index in [0.717, 1.165) is 16.3 Å². The molecule has 0 aliphatic heterocycles. The molecule has 2 nitrogen and oxygen atoms in total. The third-order valence-corrected chi connectivity index (χ3v) is 3.69. The summed E-state index contributed by atoms with van der Waals surface area (Å²) in [6, 6.07) is 18.6. The summed E-state index contributed by atoms with van der Waals surface area (Å²) in [6.45, 7) is 1.69. The first-order valence-corrected chi connectivity index (χ1v) is 7.16. The van der Waals surface area contributed by atoms with Crippen LogP contribution < -0.4 is 5.32 Å². The lowest BCUT2D eigenvalue weighted by Gasteiger charge is -2.08. The fourth-order valence-electron chi connectivity index (χ4n) is 2.50. The van der Waals surface area contributed by atoms with E-state index < -0.39 is 0 Å². The molecule has 110 valence electrons. The van der Waals surface area contributed by atoms with Crippen molar-refractivity contribution in [1.82, 2.24) is 0 Å². The molecule has 0 radical (unpaired) electrons. The number of amides is 1. The minimum atomic E-state index is -0.317. The minimum absolute atomic E-state index is 0.153. The highest BCUT2D eigenvalue weighted by atomic mass is 19.1. The van der Waals surface area contributed by atoms with Crippen molar-refractivity contribution in [3.63, 3.8) is 0 Å². The van der Waals surface area contributed by atoms with Crippen LogP contribution >= 0.6 is 0 Å². The van der Waals surface area contributed by atoms with Crippen LogP contribution in [-0.2, 0) is 11.2 Å². The lowest BCUT2D eigenvalue weighted by molar-refractivity contribution is -0.115. The third-order valence-electron chi connectivity index (χ3n) is 3.69. The highest BCUT2D eigenvalue weighted by Gasteiger charge is 2.08. The second-order valence-corrected chi connectivity index (χ2v) is 5.33. The van der Waals surface area contributed by atoms with Gasteiger partial charge in [-0.25, -0.2) is 4.39 Å². The molecule has 1 N–H and O–H groups in total. The van der Waals surface area contributed by atoms with E-state index in [1.54, 1.807) is 19.1 Å². The number of carbonyl (C=O) groups is 1. The van der Waals surface area contributed by atoms with Crippen LogP contribution in [0.5, 0.6) is 0 Å². The molecule has 3 heteroatoms. The van der Waals surface area contributed by atoms with Gasteiger partial charge in [-0.05, 0) is 41.0 Å². The first-order chi connectivity index (χ1) is 10.6. The molecule has 0 spiro atoms. The highest BCUT2D eigenvalue weighted by molar-refractivity contribution is 5.96. The Morgan fingerprint density at radius 3 is 2.64 bits per heavy atom. The van der Waals surface area contributed by atoms with Gasteiger partial charge in [0.15, 0.2) is 0 Å². The first-order valence-electron chi connectivity index (χ1n) is 7.16. The number of anilines is 1. The summed E-state index contributed by atoms with van der Waals surface area (Å²) in [5.74, 6) is -0.470. The predicted molar refractivity (Wildman–Crippen MR) is 87.4 cm³/mol. The van der Waals surface area contributed by atoms with E-state index in [2.05, 4.69) is 5.32 Å². The molecular formula is C19H16FNO. The topological polar surface area (TPSA) is 29.1 Å². The van der Waals surface area contributed by atoms with Crippen molar-refractivity contribution >= 4 is 22.4 Å². The minimum Gasteiger partial charge on any atom is -0.326 e. The van der Waals surface area contributed by atoms with Crippen molar-refractivity contribution in [2.45, 2.75) is 13.3 Å². The van der Waals surface area contributed by atoms with Gasteiger partial charge in [0.2, 0.25) is 5.91 Å². The maximum absolute atomic E-state index is 13.5. The molecule has 0 aromatic heterocycles. The van der Waals surface area contributed by atoms with Crippen LogP contribution in [0.25, 0.3) is 10.8 Å². The highest BCUT2D eigenvalue weighted by Crippen LogP contribution is 2.20. The van der Waals surface area contributed by atoms with E-state index in [4.69, 9.17) is 0 Å². The molecule has 0 atom stereocenters. The lowest BCUT2D eigenvalue weighted by atomic mass is 10.0. The molecule has 0 bridgehead atoms. The Morgan fingerprint density at radius 2 is 1.82 bits per heavy atom. The van der Waals surface area contributed by atoms with Crippen LogP contribution in [0.1, 0.15) is 11.1 Å². The van der Waals surface area contributed by atoms with Crippen LogP contribution in [0.3, 0.4) is 0 Å². The van der Waals surface area contributed by atoms with Crippen molar-refractivity contribution in [3.8, 4) is 0 Å². The second-order valence-electron chi connectivity index (χ2n) is 5.33. The summed E-state index contributed by atoms with van der Waals surface area (Å²) >= 11 is 0. The third kappa shape index (κ3) is 2.98. The van der Waals surface area contributed by atoms with Crippen LogP contribution in [0.4, 0.5) is 10.1 Å². The molecule has 0 unspecified atom stereocenters. The zero-order chi connectivity index (χ0) is 15.5. The van der Waals surface area contributed by atoms with E-state index >= 15 is 0 Å². The average Bonchev–Trinajstić information content (AvgIpc) is 2.51. The van der Waals surface area contributed by atoms with Crippen molar-refractivity contribution in [2.75, 3.05) is 5.32 Å². The van der Waals surface area contributed by atoms with E-state index in [-0.39, 0.29) is 18.1 Å². The smallest absolute Gasteiger partial charge is 0.228 e. The number of benzene rings is 3. The van der Waals surface area contributed by atoms with Gasteiger partial charge in [-0.1, -0.05) is 48.5 Å². The van der Waals surface area contributed by atoms with Gasteiger partial charge < -0.3 is 5.32 Å². The zero-order valence-corrected chi connectivity index (χ0v) is 12.3. The molecular weight excluding hydrogens is 277 g/mol. The maximum Gasteiger partial charge on any atom is 0.228 e. The van der Waals surface area contributed by atoms with Gasteiger partial charge in [0.1, 0.15) is 5.82 Å². The fraction of sp³-hybridized carbons (Fsp3) is 0.105. The number of aryl methyl sites for hydroxylation is 1. The lowest BCUT2D eigenvalue weighted by Crippen LogP contribution is -2.14. The number of carbonyl (C=O) groups excluding carboxylic acids is 1. The number of rotatable bonds is 3. The first kappa shape index (κ1) is 14.3. The molecule has 3 aromatic carbocycles. The van der Waals surface area contributed by atoms with E-state index in [1.165, 1.54) is 6.07 Å². The van der Waals surface area contributed by atoms with Gasteiger partial charge in [0.25, 0.3) is 0 Å². The Labute approximate surface area is 128 Å². The summed E-state index contributed by atoms with van der Waals surface area (Å²) in [4.78, 5) is 12.2. The van der Waals surface area contributed by atoms with Gasteiger partial charge >= 0.3 is 0 Å². The molecule has 0 saturated carbocycles. The summed E-state index contributed by atoms with van der Waals surface area (Å²) in [5.41, 5.74) is 2.00. The molecule has 0 aliphatic rings. The van der Waals surface area contributed by atoms with E-state index in [9.17, 15) is 9.18 Å². The molecule has 0 aliphatic carbocycles. The Hall–Kier alpha value is -2.68. The number of halogens is 1. The molecule has 1 amide bonds. The maximum atomic E-state index is 13.5. The second kappa shape index (κ2) is 5.98. The molecule has 3 aromatic rings. The largest absolute Gasteiger partial charge is 0.326 e. The average molecular weight is 293 g/mol. The van der Waals surface area contributed by atoms with E-state index in [0.29, 0.717) is 11.3 Å². The standard InChI is InChI=1S/C19H16FNO/c1-13-9-10-16(12-18(13)20)21-19(22)11-15-7-4-6-14-5-2-3-8-17(14)15/h2-10,12H,11H2,1H3,(H,21,22). The van der Waals surface area contributed by atoms with Crippen molar-refractivity contribution in [3.05, 3.63) is 77.6 Å². The number of fused-ring (bicyclic) bond motifs is 1. The van der Waals surface area contributed by atoms with Crippen molar-refractivity contribution < 1.29 is 9.18 Å². The predicted octanol–water partition coefficient (Wildman–Crippen LogP) is 4.47. The number of hydrogen-bond donors (Lipinski definition) is 1. The molecule has 0 fully saturated rings.